The maximum Gasteiger partial charge on any atom is 0.243 e. The van der Waals surface area contributed by atoms with Gasteiger partial charge in [0, 0.05) is 14.1 Å². The molecule has 0 aliphatic rings. The van der Waals surface area contributed by atoms with Crippen molar-refractivity contribution in [3.05, 3.63) is 0 Å². The van der Waals surface area contributed by atoms with Crippen LogP contribution < -0.4 is 21.5 Å². The first kappa shape index (κ1) is 15.3. The lowest BCUT2D eigenvalue weighted by atomic mass is 9.99. The van der Waals surface area contributed by atoms with E-state index in [4.69, 9.17) is 5.84 Å². The third kappa shape index (κ3) is 3.63. The Kier molecular flexibility index (Phi) is 5.21. The van der Waals surface area contributed by atoms with E-state index in [1.807, 2.05) is 6.92 Å². The summed E-state index contributed by atoms with van der Waals surface area (Å²) >= 11 is 0. The van der Waals surface area contributed by atoms with Gasteiger partial charge in [0.15, 0.2) is 0 Å². The summed E-state index contributed by atoms with van der Waals surface area (Å²) in [5, 5.41) is 21.7. The van der Waals surface area contributed by atoms with Crippen LogP contribution in [0.25, 0.3) is 0 Å². The molecule has 108 valence electrons. The molecular weight excluding hydrogens is 250 g/mol. The summed E-state index contributed by atoms with van der Waals surface area (Å²) in [6, 6.07) is 0. The maximum absolute atomic E-state index is 9.40. The first-order valence-corrected chi connectivity index (χ1v) is 5.90. The Labute approximate surface area is 111 Å². The minimum absolute atomic E-state index is 0.196. The van der Waals surface area contributed by atoms with E-state index < -0.39 is 5.54 Å². The largest absolute Gasteiger partial charge is 0.394 e. The van der Waals surface area contributed by atoms with Crippen molar-refractivity contribution in [2.24, 2.45) is 5.84 Å². The van der Waals surface area contributed by atoms with Crippen LogP contribution in [0, 0.1) is 0 Å². The molecule has 1 heterocycles. The molecule has 1 aromatic rings. The SMILES string of the molecule is CCC(CO)(CO)Nc1nc(NN)nc(N(C)C)n1. The molecule has 0 saturated heterocycles. The van der Waals surface area contributed by atoms with Crippen molar-refractivity contribution >= 4 is 17.8 Å². The molecular formula is C10H21N7O2. The van der Waals surface area contributed by atoms with Crippen LogP contribution in [-0.4, -0.2) is 58.0 Å². The number of nitrogens with zero attached hydrogens (tertiary/aromatic N) is 4. The van der Waals surface area contributed by atoms with Gasteiger partial charge in [-0.2, -0.15) is 15.0 Å². The summed E-state index contributed by atoms with van der Waals surface area (Å²) < 4.78 is 0. The van der Waals surface area contributed by atoms with Gasteiger partial charge in [0.05, 0.1) is 18.8 Å². The van der Waals surface area contributed by atoms with E-state index in [0.717, 1.165) is 0 Å². The Morgan fingerprint density at radius 2 is 1.74 bits per heavy atom. The molecule has 9 nitrogen and oxygen atoms in total. The molecule has 0 spiro atoms. The Morgan fingerprint density at radius 1 is 1.16 bits per heavy atom. The number of aliphatic hydroxyl groups is 2. The molecule has 9 heteroatoms. The lowest BCUT2D eigenvalue weighted by Crippen LogP contribution is -2.45. The zero-order valence-corrected chi connectivity index (χ0v) is 11.4. The molecule has 0 radical (unpaired) electrons. The minimum Gasteiger partial charge on any atom is -0.394 e. The number of nitrogens with one attached hydrogen (secondary N) is 2. The van der Waals surface area contributed by atoms with Gasteiger partial charge in [0.1, 0.15) is 0 Å². The molecule has 0 aliphatic carbocycles. The summed E-state index contributed by atoms with van der Waals surface area (Å²) in [5.41, 5.74) is 1.47. The summed E-state index contributed by atoms with van der Waals surface area (Å²) in [7, 11) is 3.56. The zero-order chi connectivity index (χ0) is 14.5. The number of aliphatic hydroxyl groups excluding tert-OH is 2. The number of hydrogen-bond acceptors (Lipinski definition) is 9. The number of nitrogens with two attached hydrogens (primary N) is 1. The Morgan fingerprint density at radius 3 is 2.16 bits per heavy atom. The molecule has 0 atom stereocenters. The van der Waals surface area contributed by atoms with Crippen molar-refractivity contribution in [2.45, 2.75) is 18.9 Å². The van der Waals surface area contributed by atoms with E-state index in [0.29, 0.717) is 12.4 Å². The van der Waals surface area contributed by atoms with E-state index in [1.165, 1.54) is 0 Å². The molecule has 19 heavy (non-hydrogen) atoms. The van der Waals surface area contributed by atoms with Gasteiger partial charge in [-0.25, -0.2) is 5.84 Å². The summed E-state index contributed by atoms with van der Waals surface area (Å²) in [4.78, 5) is 14.0. The lowest BCUT2D eigenvalue weighted by Gasteiger charge is -2.29. The van der Waals surface area contributed by atoms with E-state index in [1.54, 1.807) is 19.0 Å². The molecule has 0 unspecified atom stereocenters. The van der Waals surface area contributed by atoms with Crippen LogP contribution in [0.1, 0.15) is 13.3 Å². The molecule has 0 saturated carbocycles. The highest BCUT2D eigenvalue weighted by Gasteiger charge is 2.27. The highest BCUT2D eigenvalue weighted by Crippen LogP contribution is 2.18. The van der Waals surface area contributed by atoms with Crippen LogP contribution in [0.4, 0.5) is 17.8 Å². The van der Waals surface area contributed by atoms with Crippen molar-refractivity contribution in [2.75, 3.05) is 43.0 Å². The summed E-state index contributed by atoms with van der Waals surface area (Å²) in [5.74, 6) is 6.14. The first-order chi connectivity index (χ1) is 9.00. The average molecular weight is 271 g/mol. The zero-order valence-electron chi connectivity index (χ0n) is 11.4. The van der Waals surface area contributed by atoms with Crippen LogP contribution in [0.3, 0.4) is 0 Å². The van der Waals surface area contributed by atoms with Crippen molar-refractivity contribution < 1.29 is 10.2 Å². The van der Waals surface area contributed by atoms with Gasteiger partial charge in [-0.05, 0) is 6.42 Å². The van der Waals surface area contributed by atoms with Crippen LogP contribution in [0.2, 0.25) is 0 Å². The van der Waals surface area contributed by atoms with Gasteiger partial charge in [-0.3, -0.25) is 5.43 Å². The van der Waals surface area contributed by atoms with Gasteiger partial charge >= 0.3 is 0 Å². The van der Waals surface area contributed by atoms with Gasteiger partial charge in [-0.1, -0.05) is 6.92 Å². The van der Waals surface area contributed by atoms with E-state index in [-0.39, 0.29) is 25.1 Å². The Balaban J connectivity index is 3.08. The fourth-order valence-electron chi connectivity index (χ4n) is 1.36. The van der Waals surface area contributed by atoms with E-state index >= 15 is 0 Å². The molecule has 0 amide bonds. The third-order valence-corrected chi connectivity index (χ3v) is 2.81. The topological polar surface area (TPSA) is 132 Å². The molecule has 1 rings (SSSR count). The molecule has 0 aliphatic heterocycles. The monoisotopic (exact) mass is 271 g/mol. The number of hydrazine groups is 1. The fourth-order valence-corrected chi connectivity index (χ4v) is 1.36. The number of anilines is 3. The second-order valence-corrected chi connectivity index (χ2v) is 4.40. The normalized spacial score (nSPS) is 11.3. The van der Waals surface area contributed by atoms with Crippen LogP contribution in [-0.2, 0) is 0 Å². The van der Waals surface area contributed by atoms with Gasteiger partial charge in [-0.15, -0.1) is 0 Å². The van der Waals surface area contributed by atoms with Gasteiger partial charge < -0.3 is 20.4 Å². The maximum atomic E-state index is 9.40. The number of hydrogen-bond donors (Lipinski definition) is 5. The van der Waals surface area contributed by atoms with E-state index in [9.17, 15) is 10.2 Å². The van der Waals surface area contributed by atoms with Crippen molar-refractivity contribution in [3.8, 4) is 0 Å². The number of aromatic nitrogens is 3. The predicted octanol–water partition coefficient (Wildman–Crippen LogP) is -1.23. The molecule has 0 bridgehead atoms. The highest BCUT2D eigenvalue weighted by atomic mass is 16.3. The number of rotatable bonds is 7. The summed E-state index contributed by atoms with van der Waals surface area (Å²) in [6.45, 7) is 1.36. The molecule has 1 aromatic heterocycles. The number of nitrogen functional groups attached to an aromatic ring is 1. The minimum atomic E-state index is -0.878. The predicted molar refractivity (Wildman–Crippen MR) is 72.8 cm³/mol. The third-order valence-electron chi connectivity index (χ3n) is 2.81. The highest BCUT2D eigenvalue weighted by molar-refractivity contribution is 5.43. The standard InChI is InChI=1S/C10H21N7O2/c1-4-10(5-18,6-19)15-7-12-8(16-11)14-9(13-7)17(2)3/h18-19H,4-6,11H2,1-3H3,(H2,12,13,14,15,16). The van der Waals surface area contributed by atoms with Gasteiger partial charge in [0.25, 0.3) is 0 Å². The molecule has 0 aromatic carbocycles. The van der Waals surface area contributed by atoms with Crippen LogP contribution in [0.15, 0.2) is 0 Å². The van der Waals surface area contributed by atoms with Crippen LogP contribution >= 0.6 is 0 Å². The fraction of sp³-hybridized carbons (Fsp3) is 0.700. The van der Waals surface area contributed by atoms with Crippen molar-refractivity contribution in [3.63, 3.8) is 0 Å². The van der Waals surface area contributed by atoms with Crippen molar-refractivity contribution in [1.82, 2.24) is 15.0 Å². The molecule has 6 N–H and O–H groups in total. The quantitative estimate of drug-likeness (QED) is 0.305. The van der Waals surface area contributed by atoms with Crippen LogP contribution in [0.5, 0.6) is 0 Å². The Bertz CT molecular complexity index is 401. The first-order valence-electron chi connectivity index (χ1n) is 5.90. The summed E-state index contributed by atoms with van der Waals surface area (Å²) in [6.07, 6.45) is 0.508. The molecule has 0 fully saturated rings. The second-order valence-electron chi connectivity index (χ2n) is 4.40. The lowest BCUT2D eigenvalue weighted by molar-refractivity contribution is 0.132. The smallest absolute Gasteiger partial charge is 0.243 e. The van der Waals surface area contributed by atoms with E-state index in [2.05, 4.69) is 25.7 Å². The second kappa shape index (κ2) is 6.45. The van der Waals surface area contributed by atoms with Crippen molar-refractivity contribution in [1.29, 1.82) is 0 Å². The van der Waals surface area contributed by atoms with Gasteiger partial charge in [0.2, 0.25) is 17.8 Å². The average Bonchev–Trinajstić information content (AvgIpc) is 2.44. The Hall–Kier alpha value is -1.71.